The Balaban J connectivity index is 2.50. The summed E-state index contributed by atoms with van der Waals surface area (Å²) in [5.41, 5.74) is 3.49. The lowest BCUT2D eigenvalue weighted by Crippen LogP contribution is -1.98. The second-order valence-corrected chi connectivity index (χ2v) is 4.77. The Labute approximate surface area is 111 Å². The summed E-state index contributed by atoms with van der Waals surface area (Å²) in [6.07, 6.45) is 6.06. The topological polar surface area (TPSA) is 12.0 Å². The minimum Gasteiger partial charge on any atom is -0.361 e. The van der Waals surface area contributed by atoms with E-state index < -0.39 is 0 Å². The Morgan fingerprint density at radius 1 is 1.33 bits per heavy atom. The van der Waals surface area contributed by atoms with Crippen molar-refractivity contribution in [3.8, 4) is 0 Å². The summed E-state index contributed by atoms with van der Waals surface area (Å²) in [5.74, 6) is 0.607. The molecular formula is C17H23N. The van der Waals surface area contributed by atoms with Crippen molar-refractivity contribution in [1.29, 1.82) is 0 Å². The first-order valence-electron chi connectivity index (χ1n) is 6.41. The average Bonchev–Trinajstić information content (AvgIpc) is 2.37. The predicted molar refractivity (Wildman–Crippen MR) is 81.6 cm³/mol. The second-order valence-electron chi connectivity index (χ2n) is 4.77. The molecule has 0 bridgehead atoms. The normalized spacial score (nSPS) is 12.9. The van der Waals surface area contributed by atoms with Crippen LogP contribution in [-0.4, -0.2) is 0 Å². The van der Waals surface area contributed by atoms with Crippen molar-refractivity contribution in [3.05, 3.63) is 66.9 Å². The zero-order chi connectivity index (χ0) is 13.4. The maximum Gasteiger partial charge on any atom is 0.0379 e. The van der Waals surface area contributed by atoms with Crippen molar-refractivity contribution < 1.29 is 0 Å². The fourth-order valence-corrected chi connectivity index (χ4v) is 1.78. The second kappa shape index (κ2) is 7.54. The van der Waals surface area contributed by atoms with Crippen LogP contribution in [0.4, 0.5) is 5.69 Å². The molecule has 1 rings (SSSR count). The summed E-state index contributed by atoms with van der Waals surface area (Å²) < 4.78 is 0. The maximum absolute atomic E-state index is 4.15. The highest BCUT2D eigenvalue weighted by Gasteiger charge is 2.04. The standard InChI is InChI=1S/C17H23N/c1-5-9-14(2)12-15(3)16(4)13-18-17-10-7-6-8-11-17/h5-8,10-11,13-14,18H,1,3,9,12H2,2,4H3/b16-13+. The summed E-state index contributed by atoms with van der Waals surface area (Å²) in [6.45, 7) is 12.2. The Bertz CT molecular complexity index is 414. The van der Waals surface area contributed by atoms with E-state index in [-0.39, 0.29) is 0 Å². The van der Waals surface area contributed by atoms with Gasteiger partial charge in [-0.1, -0.05) is 43.4 Å². The van der Waals surface area contributed by atoms with Crippen LogP contribution in [0.3, 0.4) is 0 Å². The third-order valence-corrected chi connectivity index (χ3v) is 2.95. The molecule has 0 heterocycles. The first-order valence-corrected chi connectivity index (χ1v) is 6.41. The van der Waals surface area contributed by atoms with Crippen LogP contribution in [0.25, 0.3) is 0 Å². The van der Waals surface area contributed by atoms with Crippen LogP contribution in [0.5, 0.6) is 0 Å². The Hall–Kier alpha value is -1.76. The lowest BCUT2D eigenvalue weighted by Gasteiger charge is -2.12. The number of allylic oxidation sites excluding steroid dienone is 3. The van der Waals surface area contributed by atoms with E-state index in [1.807, 2.05) is 42.6 Å². The van der Waals surface area contributed by atoms with Gasteiger partial charge in [-0.2, -0.15) is 0 Å². The van der Waals surface area contributed by atoms with E-state index in [0.29, 0.717) is 5.92 Å². The lowest BCUT2D eigenvalue weighted by atomic mass is 9.95. The Morgan fingerprint density at radius 2 is 2.00 bits per heavy atom. The van der Waals surface area contributed by atoms with Gasteiger partial charge in [0.25, 0.3) is 0 Å². The van der Waals surface area contributed by atoms with Crippen molar-refractivity contribution in [2.24, 2.45) is 5.92 Å². The van der Waals surface area contributed by atoms with Crippen molar-refractivity contribution in [3.63, 3.8) is 0 Å². The van der Waals surface area contributed by atoms with E-state index in [0.717, 1.165) is 18.5 Å². The van der Waals surface area contributed by atoms with Gasteiger partial charge in [-0.05, 0) is 43.4 Å². The number of hydrogen-bond donors (Lipinski definition) is 1. The van der Waals surface area contributed by atoms with E-state index >= 15 is 0 Å². The number of rotatable bonds is 7. The molecule has 1 N–H and O–H groups in total. The van der Waals surface area contributed by atoms with Gasteiger partial charge in [-0.25, -0.2) is 0 Å². The van der Waals surface area contributed by atoms with E-state index in [9.17, 15) is 0 Å². The van der Waals surface area contributed by atoms with Gasteiger partial charge in [0.2, 0.25) is 0 Å². The fraction of sp³-hybridized carbons (Fsp3) is 0.294. The van der Waals surface area contributed by atoms with Crippen LogP contribution in [0.2, 0.25) is 0 Å². The summed E-state index contributed by atoms with van der Waals surface area (Å²) in [5, 5.41) is 3.29. The minimum atomic E-state index is 0.607. The molecule has 1 nitrogen and oxygen atoms in total. The van der Waals surface area contributed by atoms with Gasteiger partial charge in [-0.3, -0.25) is 0 Å². The highest BCUT2D eigenvalue weighted by Crippen LogP contribution is 2.20. The third-order valence-electron chi connectivity index (χ3n) is 2.95. The molecule has 0 radical (unpaired) electrons. The molecule has 0 saturated carbocycles. The summed E-state index contributed by atoms with van der Waals surface area (Å²) in [4.78, 5) is 0. The van der Waals surface area contributed by atoms with Crippen LogP contribution < -0.4 is 5.32 Å². The van der Waals surface area contributed by atoms with E-state index in [2.05, 4.69) is 32.3 Å². The average molecular weight is 241 g/mol. The van der Waals surface area contributed by atoms with Crippen molar-refractivity contribution in [2.75, 3.05) is 5.32 Å². The summed E-state index contributed by atoms with van der Waals surface area (Å²) in [7, 11) is 0. The molecule has 1 aromatic carbocycles. The van der Waals surface area contributed by atoms with E-state index in [1.165, 1.54) is 11.1 Å². The van der Waals surface area contributed by atoms with Gasteiger partial charge in [0.05, 0.1) is 0 Å². The largest absolute Gasteiger partial charge is 0.361 e. The molecule has 0 fully saturated rings. The molecule has 0 aromatic heterocycles. The molecule has 1 unspecified atom stereocenters. The predicted octanol–water partition coefficient (Wildman–Crippen LogP) is 5.16. The van der Waals surface area contributed by atoms with Crippen LogP contribution in [0.1, 0.15) is 26.7 Å². The van der Waals surface area contributed by atoms with Gasteiger partial charge in [0.15, 0.2) is 0 Å². The van der Waals surface area contributed by atoms with E-state index in [1.54, 1.807) is 0 Å². The lowest BCUT2D eigenvalue weighted by molar-refractivity contribution is 0.590. The van der Waals surface area contributed by atoms with Crippen LogP contribution >= 0.6 is 0 Å². The number of anilines is 1. The highest BCUT2D eigenvalue weighted by atomic mass is 14.8. The number of benzene rings is 1. The first-order chi connectivity index (χ1) is 8.63. The summed E-state index contributed by atoms with van der Waals surface area (Å²) in [6, 6.07) is 10.1. The Morgan fingerprint density at radius 3 is 2.61 bits per heavy atom. The SMILES string of the molecule is C=CCC(C)CC(=C)/C(C)=C/Nc1ccccc1. The fourth-order valence-electron chi connectivity index (χ4n) is 1.78. The number of nitrogens with one attached hydrogen (secondary N) is 1. The molecule has 0 aliphatic carbocycles. The molecular weight excluding hydrogens is 218 g/mol. The molecule has 1 atom stereocenters. The van der Waals surface area contributed by atoms with Crippen molar-refractivity contribution in [2.45, 2.75) is 26.7 Å². The van der Waals surface area contributed by atoms with Crippen molar-refractivity contribution >= 4 is 5.69 Å². The van der Waals surface area contributed by atoms with Gasteiger partial charge in [0, 0.05) is 11.9 Å². The monoisotopic (exact) mass is 241 g/mol. The molecule has 96 valence electrons. The molecule has 1 aromatic rings. The highest BCUT2D eigenvalue weighted by molar-refractivity contribution is 5.46. The number of hydrogen-bond acceptors (Lipinski definition) is 1. The van der Waals surface area contributed by atoms with Crippen LogP contribution in [-0.2, 0) is 0 Å². The van der Waals surface area contributed by atoms with Crippen LogP contribution in [0, 0.1) is 5.92 Å². The smallest absolute Gasteiger partial charge is 0.0379 e. The molecule has 0 aliphatic heterocycles. The quantitative estimate of drug-likeness (QED) is 0.513. The summed E-state index contributed by atoms with van der Waals surface area (Å²) >= 11 is 0. The molecule has 0 spiro atoms. The minimum absolute atomic E-state index is 0.607. The van der Waals surface area contributed by atoms with Crippen LogP contribution in [0.15, 0.2) is 66.9 Å². The Kier molecular flexibility index (Phi) is 5.99. The van der Waals surface area contributed by atoms with Crippen molar-refractivity contribution in [1.82, 2.24) is 0 Å². The number of para-hydroxylation sites is 1. The molecule has 0 amide bonds. The molecule has 1 heteroatoms. The van der Waals surface area contributed by atoms with E-state index in [4.69, 9.17) is 0 Å². The molecule has 0 aliphatic rings. The van der Waals surface area contributed by atoms with Gasteiger partial charge in [-0.15, -0.1) is 6.58 Å². The maximum atomic E-state index is 4.15. The molecule has 0 saturated heterocycles. The van der Waals surface area contributed by atoms with Gasteiger partial charge in [0.1, 0.15) is 0 Å². The zero-order valence-corrected chi connectivity index (χ0v) is 11.4. The first kappa shape index (κ1) is 14.3. The van der Waals surface area contributed by atoms with Gasteiger partial charge < -0.3 is 5.32 Å². The third kappa shape index (κ3) is 5.05. The van der Waals surface area contributed by atoms with Gasteiger partial charge >= 0.3 is 0 Å². The zero-order valence-electron chi connectivity index (χ0n) is 11.4. The molecule has 18 heavy (non-hydrogen) atoms.